The summed E-state index contributed by atoms with van der Waals surface area (Å²) in [5, 5.41) is 94.0. The van der Waals surface area contributed by atoms with Crippen LogP contribution in [0.4, 0.5) is 0 Å². The molecule has 0 spiro atoms. The SMILES string of the molecule is CC1=C(CO)C(=O)O[C@@H]([C@@H](C)[C@H]2CC[C@H]3[C@@H]4CC=C5C[C@@H](O[C@@H]6O[C@H](CO[C@@H]7O[C@H](CO)[C@@H](O)[C@H](O)[C@H]7O)[C@@H](O)[C@H](O)[C@H]6O)C[C@H](O)[C@]5(C)[C@H]4CC[C@]23C)C1. The van der Waals surface area contributed by atoms with Gasteiger partial charge in [-0.3, -0.25) is 0 Å². The van der Waals surface area contributed by atoms with Crippen LogP contribution in [0.25, 0.3) is 0 Å². The van der Waals surface area contributed by atoms with Gasteiger partial charge in [0.05, 0.1) is 37.6 Å². The van der Waals surface area contributed by atoms with Crippen LogP contribution in [0.3, 0.4) is 0 Å². The molecule has 0 amide bonds. The molecule has 2 saturated heterocycles. The van der Waals surface area contributed by atoms with Crippen molar-refractivity contribution in [3.63, 3.8) is 0 Å². The summed E-state index contributed by atoms with van der Waals surface area (Å²) in [5.41, 5.74) is 1.98. The number of aliphatic hydroxyl groups is 9. The molecular formula is C40H62O15. The van der Waals surface area contributed by atoms with Gasteiger partial charge in [-0.2, -0.15) is 0 Å². The number of cyclic esters (lactones) is 1. The molecule has 312 valence electrons. The minimum atomic E-state index is -1.68. The predicted molar refractivity (Wildman–Crippen MR) is 191 cm³/mol. The fraction of sp³-hybridized carbons (Fsp3) is 0.875. The Morgan fingerprint density at radius 2 is 1.53 bits per heavy atom. The molecule has 3 saturated carbocycles. The van der Waals surface area contributed by atoms with Crippen LogP contribution in [0, 0.1) is 40.4 Å². The molecule has 15 nitrogen and oxygen atoms in total. The first kappa shape index (κ1) is 41.6. The Morgan fingerprint density at radius 1 is 0.855 bits per heavy atom. The molecule has 9 N–H and O–H groups in total. The van der Waals surface area contributed by atoms with Gasteiger partial charge in [-0.15, -0.1) is 0 Å². The fourth-order valence-electron chi connectivity index (χ4n) is 12.0. The first-order chi connectivity index (χ1) is 26.0. The third kappa shape index (κ3) is 7.06. The summed E-state index contributed by atoms with van der Waals surface area (Å²) in [6, 6.07) is 0. The number of carbonyl (C=O) groups excluding carboxylic acids is 1. The van der Waals surface area contributed by atoms with Crippen molar-refractivity contribution in [2.24, 2.45) is 40.4 Å². The molecule has 7 aliphatic rings. The van der Waals surface area contributed by atoms with Crippen molar-refractivity contribution in [2.45, 2.75) is 159 Å². The Morgan fingerprint density at radius 3 is 2.20 bits per heavy atom. The van der Waals surface area contributed by atoms with E-state index in [4.69, 9.17) is 23.7 Å². The van der Waals surface area contributed by atoms with Crippen molar-refractivity contribution in [1.29, 1.82) is 0 Å². The standard InChI is InChI=1S/C40H62O15/c1-17-11-26(53-36(50)22(17)14-41)18(2)23-7-8-24-21-6-5-19-12-20(13-29(43)40(19,4)25(21)9-10-39(23,24)3)52-38-35(49)33(47)31(45)28(55-38)16-51-37-34(48)32(46)30(44)27(15-42)54-37/h5,18,20-21,23-35,37-38,41-49H,6-16H2,1-4H3/t18-,20+,21-,23+,24-,25-,26+,27+,28+,29-,30+,31+,32-,33-,34+,35+,37+,38+,39+,40-/m0/s1. The molecule has 55 heavy (non-hydrogen) atoms. The van der Waals surface area contributed by atoms with Gasteiger partial charge in [-0.25, -0.2) is 4.79 Å². The van der Waals surface area contributed by atoms with Gasteiger partial charge in [0.1, 0.15) is 54.9 Å². The summed E-state index contributed by atoms with van der Waals surface area (Å²) >= 11 is 0. The second-order valence-electron chi connectivity index (χ2n) is 18.0. The molecular weight excluding hydrogens is 720 g/mol. The van der Waals surface area contributed by atoms with Gasteiger partial charge in [0, 0.05) is 18.3 Å². The van der Waals surface area contributed by atoms with Gasteiger partial charge in [-0.05, 0) is 80.5 Å². The lowest BCUT2D eigenvalue weighted by Crippen LogP contribution is -2.62. The van der Waals surface area contributed by atoms with Crippen LogP contribution in [-0.2, 0) is 28.5 Å². The number of rotatable bonds is 9. The van der Waals surface area contributed by atoms with Crippen LogP contribution in [0.2, 0.25) is 0 Å². The molecule has 0 aromatic carbocycles. The number of aliphatic hydroxyl groups excluding tert-OH is 9. The van der Waals surface area contributed by atoms with Gasteiger partial charge >= 0.3 is 5.97 Å². The van der Waals surface area contributed by atoms with Crippen molar-refractivity contribution >= 4 is 5.97 Å². The zero-order valence-electron chi connectivity index (χ0n) is 32.2. The lowest BCUT2D eigenvalue weighted by atomic mass is 9.46. The highest BCUT2D eigenvalue weighted by molar-refractivity contribution is 5.90. The summed E-state index contributed by atoms with van der Waals surface area (Å²) in [6.45, 7) is 7.30. The molecule has 4 aliphatic carbocycles. The average Bonchev–Trinajstić information content (AvgIpc) is 3.51. The van der Waals surface area contributed by atoms with Crippen molar-refractivity contribution in [2.75, 3.05) is 19.8 Å². The topological polar surface area (TPSA) is 245 Å². The molecule has 0 unspecified atom stereocenters. The second kappa shape index (κ2) is 15.9. The van der Waals surface area contributed by atoms with Crippen LogP contribution in [0.5, 0.6) is 0 Å². The van der Waals surface area contributed by atoms with Crippen LogP contribution in [0.15, 0.2) is 22.8 Å². The van der Waals surface area contributed by atoms with Crippen LogP contribution < -0.4 is 0 Å². The quantitative estimate of drug-likeness (QED) is 0.109. The summed E-state index contributed by atoms with van der Waals surface area (Å²) < 4.78 is 29.0. The Bertz CT molecular complexity index is 1470. The average molecular weight is 783 g/mol. The molecule has 0 aromatic rings. The minimum absolute atomic E-state index is 0.0672. The molecule has 0 radical (unpaired) electrons. The van der Waals surface area contributed by atoms with Crippen molar-refractivity contribution in [1.82, 2.24) is 0 Å². The first-order valence-corrected chi connectivity index (χ1v) is 20.2. The van der Waals surface area contributed by atoms with Crippen LogP contribution >= 0.6 is 0 Å². The molecule has 3 aliphatic heterocycles. The van der Waals surface area contributed by atoms with E-state index < -0.39 is 98.2 Å². The molecule has 3 heterocycles. The van der Waals surface area contributed by atoms with Crippen LogP contribution in [-0.4, -0.2) is 151 Å². The maximum Gasteiger partial charge on any atom is 0.336 e. The third-order valence-corrected chi connectivity index (χ3v) is 15.4. The number of allylic oxidation sites excluding steroid dienone is 1. The summed E-state index contributed by atoms with van der Waals surface area (Å²) in [6.07, 6.45) is -8.00. The highest BCUT2D eigenvalue weighted by Gasteiger charge is 2.62. The maximum absolute atomic E-state index is 12.7. The molecule has 0 aromatic heterocycles. The minimum Gasteiger partial charge on any atom is -0.458 e. The Labute approximate surface area is 321 Å². The highest BCUT2D eigenvalue weighted by Crippen LogP contribution is 2.67. The van der Waals surface area contributed by atoms with E-state index in [1.54, 1.807) is 0 Å². The number of hydrogen-bond donors (Lipinski definition) is 9. The zero-order valence-corrected chi connectivity index (χ0v) is 32.2. The fourth-order valence-corrected chi connectivity index (χ4v) is 12.0. The zero-order chi connectivity index (χ0) is 39.7. The van der Waals surface area contributed by atoms with E-state index in [1.165, 1.54) is 0 Å². The number of esters is 1. The number of carbonyl (C=O) groups is 1. The molecule has 0 bridgehead atoms. The van der Waals surface area contributed by atoms with Crippen molar-refractivity contribution < 1.29 is 74.4 Å². The van der Waals surface area contributed by atoms with E-state index in [9.17, 15) is 50.8 Å². The number of ether oxygens (including phenoxy) is 5. The van der Waals surface area contributed by atoms with Gasteiger partial charge < -0.3 is 69.6 Å². The molecule has 15 heteroatoms. The van der Waals surface area contributed by atoms with Crippen molar-refractivity contribution in [3.8, 4) is 0 Å². The third-order valence-electron chi connectivity index (χ3n) is 15.4. The number of fused-ring (bicyclic) bond motifs is 5. The van der Waals surface area contributed by atoms with E-state index in [2.05, 4.69) is 26.8 Å². The van der Waals surface area contributed by atoms with Crippen molar-refractivity contribution in [3.05, 3.63) is 22.8 Å². The van der Waals surface area contributed by atoms with E-state index in [1.807, 2.05) is 6.92 Å². The molecule has 5 fully saturated rings. The van der Waals surface area contributed by atoms with E-state index in [0.717, 1.165) is 43.3 Å². The van der Waals surface area contributed by atoms with E-state index in [-0.39, 0.29) is 36.4 Å². The Balaban J connectivity index is 1.00. The second-order valence-corrected chi connectivity index (χ2v) is 18.0. The van der Waals surface area contributed by atoms with Crippen LogP contribution in [0.1, 0.15) is 79.1 Å². The Hall–Kier alpha value is -1.57. The van der Waals surface area contributed by atoms with Gasteiger partial charge in [0.15, 0.2) is 12.6 Å². The summed E-state index contributed by atoms with van der Waals surface area (Å²) in [4.78, 5) is 12.7. The van der Waals surface area contributed by atoms with E-state index >= 15 is 0 Å². The van der Waals surface area contributed by atoms with Gasteiger partial charge in [0.2, 0.25) is 0 Å². The maximum atomic E-state index is 12.7. The predicted octanol–water partition coefficient (Wildman–Crippen LogP) is -0.194. The van der Waals surface area contributed by atoms with E-state index in [0.29, 0.717) is 36.2 Å². The molecule has 20 atom stereocenters. The largest absolute Gasteiger partial charge is 0.458 e. The summed E-state index contributed by atoms with van der Waals surface area (Å²) in [7, 11) is 0. The Kier molecular flexibility index (Phi) is 12.0. The monoisotopic (exact) mass is 782 g/mol. The smallest absolute Gasteiger partial charge is 0.336 e. The molecule has 7 rings (SSSR count). The van der Waals surface area contributed by atoms with Gasteiger partial charge in [0.25, 0.3) is 0 Å². The lowest BCUT2D eigenvalue weighted by Gasteiger charge is -2.60. The summed E-state index contributed by atoms with van der Waals surface area (Å²) in [5.74, 6) is 1.26. The highest BCUT2D eigenvalue weighted by atomic mass is 16.7. The van der Waals surface area contributed by atoms with Gasteiger partial charge in [-0.1, -0.05) is 38.0 Å². The number of hydrogen-bond acceptors (Lipinski definition) is 15. The lowest BCUT2D eigenvalue weighted by molar-refractivity contribution is -0.337. The first-order valence-electron chi connectivity index (χ1n) is 20.2. The normalized spacial score (nSPS) is 50.7.